The van der Waals surface area contributed by atoms with Gasteiger partial charge in [0.15, 0.2) is 0 Å². The van der Waals surface area contributed by atoms with Gasteiger partial charge in [-0.3, -0.25) is 4.79 Å². The summed E-state index contributed by atoms with van der Waals surface area (Å²) >= 11 is 0. The highest BCUT2D eigenvalue weighted by Crippen LogP contribution is 2.39. The zero-order valence-corrected chi connectivity index (χ0v) is 14.0. The summed E-state index contributed by atoms with van der Waals surface area (Å²) in [6.07, 6.45) is 5.19. The van der Waals surface area contributed by atoms with Crippen LogP contribution >= 0.6 is 0 Å². The molecule has 0 aliphatic heterocycles. The van der Waals surface area contributed by atoms with Gasteiger partial charge in [0.05, 0.1) is 10.5 Å². The van der Waals surface area contributed by atoms with Crippen molar-refractivity contribution in [3.63, 3.8) is 0 Å². The highest BCUT2D eigenvalue weighted by Gasteiger charge is 2.27. The number of nitrogens with one attached hydrogen (secondary N) is 2. The van der Waals surface area contributed by atoms with Crippen molar-refractivity contribution in [3.8, 4) is 0 Å². The molecule has 0 aromatic heterocycles. The zero-order valence-electron chi connectivity index (χ0n) is 13.2. The molecule has 0 fully saturated rings. The molecule has 1 amide bonds. The molecule has 0 radical (unpaired) electrons. The van der Waals surface area contributed by atoms with Crippen LogP contribution in [0, 0.1) is 4.78 Å². The van der Waals surface area contributed by atoms with E-state index in [-0.39, 0.29) is 16.4 Å². The third kappa shape index (κ3) is 2.42. The van der Waals surface area contributed by atoms with Crippen LogP contribution in [0.5, 0.6) is 0 Å². The van der Waals surface area contributed by atoms with Crippen molar-refractivity contribution in [2.75, 3.05) is 5.32 Å². The van der Waals surface area contributed by atoms with Crippen LogP contribution in [0.4, 0.5) is 5.69 Å². The van der Waals surface area contributed by atoms with Gasteiger partial charge < -0.3 is 5.32 Å². The second-order valence-corrected chi connectivity index (χ2v) is 8.07. The molecule has 4 N–H and O–H groups in total. The van der Waals surface area contributed by atoms with E-state index in [9.17, 15) is 9.00 Å². The minimum Gasteiger partial charge on any atom is -0.321 e. The van der Waals surface area contributed by atoms with E-state index in [1.165, 1.54) is 28.3 Å². The lowest BCUT2D eigenvalue weighted by atomic mass is 9.83. The lowest BCUT2D eigenvalue weighted by Gasteiger charge is -2.26. The number of anilines is 1. The molecule has 0 bridgehead atoms. The molecule has 24 heavy (non-hydrogen) atoms. The maximum atomic E-state index is 12.8. The summed E-state index contributed by atoms with van der Waals surface area (Å²) in [5, 5.41) is 8.49. The molecule has 2 aliphatic carbocycles. The lowest BCUT2D eigenvalue weighted by Crippen LogP contribution is -2.22. The van der Waals surface area contributed by atoms with Crippen LogP contribution < -0.4 is 10.5 Å². The Kier molecular flexibility index (Phi) is 3.47. The van der Waals surface area contributed by atoms with E-state index >= 15 is 0 Å². The van der Waals surface area contributed by atoms with Crippen molar-refractivity contribution in [1.82, 2.24) is 0 Å². The predicted octanol–water partition coefficient (Wildman–Crippen LogP) is 2.81. The molecule has 5 nitrogen and oxygen atoms in total. The largest absolute Gasteiger partial charge is 0.321 e. The van der Waals surface area contributed by atoms with Crippen LogP contribution in [-0.2, 0) is 35.6 Å². The first-order chi connectivity index (χ1) is 11.4. The fourth-order valence-electron chi connectivity index (χ4n) is 3.69. The minimum absolute atomic E-state index is 0.0777. The quantitative estimate of drug-likeness (QED) is 0.800. The number of nitrogens with two attached hydrogens (primary N) is 1. The van der Waals surface area contributed by atoms with Crippen LogP contribution in [0.1, 0.15) is 39.0 Å². The van der Waals surface area contributed by atoms with Crippen molar-refractivity contribution in [1.29, 1.82) is 4.78 Å². The van der Waals surface area contributed by atoms with E-state index in [4.69, 9.17) is 9.92 Å². The van der Waals surface area contributed by atoms with Gasteiger partial charge in [-0.05, 0) is 66.5 Å². The van der Waals surface area contributed by atoms with Gasteiger partial charge in [-0.15, -0.1) is 0 Å². The van der Waals surface area contributed by atoms with E-state index in [1.807, 2.05) is 0 Å². The Hall–Kier alpha value is -2.18. The molecule has 0 saturated carbocycles. The number of rotatable bonds is 3. The van der Waals surface area contributed by atoms with Crippen LogP contribution in [0.25, 0.3) is 0 Å². The molecule has 4 rings (SSSR count). The molecule has 2 aliphatic rings. The fraction of sp³-hybridized carbons (Fsp3) is 0.278. The molecular weight excluding hydrogens is 322 g/mol. The van der Waals surface area contributed by atoms with Crippen molar-refractivity contribution in [2.45, 2.75) is 37.0 Å². The Morgan fingerprint density at radius 2 is 1.79 bits per heavy atom. The topological polar surface area (TPSA) is 96.0 Å². The number of fused-ring (bicyclic) bond motifs is 2. The van der Waals surface area contributed by atoms with Gasteiger partial charge in [-0.1, -0.05) is 18.2 Å². The monoisotopic (exact) mass is 341 g/mol. The Morgan fingerprint density at radius 1 is 1.08 bits per heavy atom. The van der Waals surface area contributed by atoms with Gasteiger partial charge in [-0.25, -0.2) is 14.1 Å². The lowest BCUT2D eigenvalue weighted by molar-refractivity contribution is 0.102. The van der Waals surface area contributed by atoms with E-state index < -0.39 is 9.92 Å². The third-order valence-corrected chi connectivity index (χ3v) is 5.95. The van der Waals surface area contributed by atoms with E-state index in [0.29, 0.717) is 0 Å². The number of benzene rings is 2. The molecule has 0 spiro atoms. The molecular formula is C18H19N3O2S. The zero-order chi connectivity index (χ0) is 16.9. The van der Waals surface area contributed by atoms with Crippen LogP contribution in [0.3, 0.4) is 0 Å². The maximum Gasteiger partial charge on any atom is 0.256 e. The summed E-state index contributed by atoms with van der Waals surface area (Å²) < 4.78 is 19.6. The summed E-state index contributed by atoms with van der Waals surface area (Å²) in [4.78, 5) is 12.9. The van der Waals surface area contributed by atoms with Crippen LogP contribution in [-0.4, -0.2) is 10.1 Å². The number of hydrogen-bond acceptors (Lipinski definition) is 3. The normalized spacial score (nSPS) is 17.4. The third-order valence-electron chi connectivity index (χ3n) is 4.94. The molecule has 0 saturated heterocycles. The van der Waals surface area contributed by atoms with E-state index in [1.54, 1.807) is 18.2 Å². The molecule has 6 heteroatoms. The number of carbonyl (C=O) groups excluding carboxylic acids is 1. The Balaban J connectivity index is 1.75. The molecule has 1 unspecified atom stereocenters. The Morgan fingerprint density at radius 3 is 2.50 bits per heavy atom. The fourth-order valence-corrected chi connectivity index (χ4v) is 4.46. The first kappa shape index (κ1) is 15.4. The predicted molar refractivity (Wildman–Crippen MR) is 93.6 cm³/mol. The summed E-state index contributed by atoms with van der Waals surface area (Å²) in [5.41, 5.74) is 6.25. The van der Waals surface area contributed by atoms with Crippen LogP contribution in [0.15, 0.2) is 35.2 Å². The number of aryl methyl sites for hydroxylation is 2. The number of amides is 1. The smallest absolute Gasteiger partial charge is 0.256 e. The van der Waals surface area contributed by atoms with Crippen LogP contribution in [0.2, 0.25) is 0 Å². The second kappa shape index (κ2) is 5.43. The van der Waals surface area contributed by atoms with Gasteiger partial charge in [0, 0.05) is 5.69 Å². The van der Waals surface area contributed by atoms with Gasteiger partial charge in [0.1, 0.15) is 9.92 Å². The van der Waals surface area contributed by atoms with Gasteiger partial charge in [0.2, 0.25) is 0 Å². The highest BCUT2D eigenvalue weighted by molar-refractivity contribution is 7.90. The summed E-state index contributed by atoms with van der Waals surface area (Å²) in [6.45, 7) is 0. The molecule has 124 valence electrons. The summed E-state index contributed by atoms with van der Waals surface area (Å²) in [5.74, 6) is -0.342. The average Bonchev–Trinajstić information content (AvgIpc) is 2.98. The van der Waals surface area contributed by atoms with Crippen molar-refractivity contribution in [2.24, 2.45) is 5.14 Å². The first-order valence-corrected chi connectivity index (χ1v) is 9.70. The average molecular weight is 341 g/mol. The number of carbonyl (C=O) groups is 1. The SMILES string of the molecule is N=S(N)(=O)c1ccccc1C(=O)Nc1c2c(cc3c1CC3)CCC2. The van der Waals surface area contributed by atoms with E-state index in [2.05, 4.69) is 11.4 Å². The second-order valence-electron chi connectivity index (χ2n) is 6.43. The summed E-state index contributed by atoms with van der Waals surface area (Å²) in [7, 11) is -3.45. The highest BCUT2D eigenvalue weighted by atomic mass is 32.2. The van der Waals surface area contributed by atoms with Gasteiger partial charge in [0.25, 0.3) is 5.91 Å². The first-order valence-electron chi connectivity index (χ1n) is 8.08. The van der Waals surface area contributed by atoms with Crippen molar-refractivity contribution < 1.29 is 9.00 Å². The maximum absolute atomic E-state index is 12.8. The molecule has 0 heterocycles. The molecule has 1 atom stereocenters. The van der Waals surface area contributed by atoms with Crippen molar-refractivity contribution >= 4 is 21.5 Å². The number of hydrogen-bond donors (Lipinski definition) is 3. The minimum atomic E-state index is -3.45. The van der Waals surface area contributed by atoms with Gasteiger partial charge in [-0.2, -0.15) is 0 Å². The molecule has 2 aromatic carbocycles. The Bertz CT molecular complexity index is 964. The van der Waals surface area contributed by atoms with E-state index in [0.717, 1.165) is 37.8 Å². The molecule has 2 aromatic rings. The summed E-state index contributed by atoms with van der Waals surface area (Å²) in [6, 6.07) is 8.66. The standard InChI is InChI=1S/C18H19N3O2S/c19-24(20,23)16-7-2-1-5-15(16)18(22)21-17-13-6-3-4-11(13)10-12-8-9-14(12)17/h1-2,5,7,10H,3-4,6,8-9H2,(H,21,22)(H3,19,20,23). The van der Waals surface area contributed by atoms with Gasteiger partial charge >= 0.3 is 0 Å². The Labute approximate surface area is 141 Å². The van der Waals surface area contributed by atoms with Crippen molar-refractivity contribution in [3.05, 3.63) is 58.1 Å².